The fourth-order valence-corrected chi connectivity index (χ4v) is 1.65. The van der Waals surface area contributed by atoms with Crippen LogP contribution >= 0.6 is 11.6 Å². The Morgan fingerprint density at radius 3 is 2.38 bits per heavy atom. The summed E-state index contributed by atoms with van der Waals surface area (Å²) in [4.78, 5) is 24.0. The molecule has 1 aromatic carbocycles. The third kappa shape index (κ3) is 4.01. The molecule has 2 rings (SSSR count). The number of nitrogens with one attached hydrogen (secondary N) is 2. The monoisotopic (exact) mass is 315 g/mol. The average Bonchev–Trinajstić information content (AvgIpc) is 2.39. The quantitative estimate of drug-likeness (QED) is 0.695. The largest absolute Gasteiger partial charge is 0.870 e. The van der Waals surface area contributed by atoms with Crippen LogP contribution in [0.1, 0.15) is 10.4 Å². The highest BCUT2D eigenvalue weighted by Crippen LogP contribution is 2.28. The Balaban J connectivity index is 0.00000220. The van der Waals surface area contributed by atoms with Crippen LogP contribution in [0.5, 0.6) is 0 Å². The van der Waals surface area contributed by atoms with Crippen LogP contribution in [0.4, 0.5) is 20.2 Å². The van der Waals surface area contributed by atoms with Crippen molar-refractivity contribution in [3.63, 3.8) is 0 Å². The van der Waals surface area contributed by atoms with E-state index in [0.717, 1.165) is 12.1 Å². The normalized spacial score (nSPS) is 9.67. The summed E-state index contributed by atoms with van der Waals surface area (Å²) in [6.45, 7) is 0. The number of carbonyl (C=O) groups excluding carboxylic acids is 1. The van der Waals surface area contributed by atoms with Crippen molar-refractivity contribution in [2.75, 3.05) is 5.32 Å². The van der Waals surface area contributed by atoms with Crippen LogP contribution in [0.15, 0.2) is 35.5 Å². The molecule has 0 atom stereocenters. The predicted octanol–water partition coefficient (Wildman–Crippen LogP) is 2.91. The summed E-state index contributed by atoms with van der Waals surface area (Å²) in [6, 6.07) is 5.72. The van der Waals surface area contributed by atoms with E-state index in [0.29, 0.717) is 0 Å². The van der Waals surface area contributed by atoms with Gasteiger partial charge < -0.3 is 10.8 Å². The van der Waals surface area contributed by atoms with Crippen molar-refractivity contribution in [1.82, 2.24) is 0 Å². The summed E-state index contributed by atoms with van der Waals surface area (Å²) in [6.07, 6.45) is 0. The molecule has 0 fully saturated rings. The molecule has 0 aliphatic carbocycles. The van der Waals surface area contributed by atoms with E-state index in [1.54, 1.807) is 4.98 Å². The first kappa shape index (κ1) is 16.6. The molecule has 6 nitrogen and oxygen atoms in total. The second-order valence-corrected chi connectivity index (χ2v) is 4.18. The van der Waals surface area contributed by atoms with E-state index in [1.807, 2.05) is 0 Å². The highest BCUT2D eigenvalue weighted by molar-refractivity contribution is 6.33. The Morgan fingerprint density at radius 2 is 1.81 bits per heavy atom. The van der Waals surface area contributed by atoms with Gasteiger partial charge in [0.1, 0.15) is 5.69 Å². The van der Waals surface area contributed by atoms with Crippen molar-refractivity contribution in [2.24, 2.45) is 5.18 Å². The first-order chi connectivity index (χ1) is 9.49. The zero-order valence-corrected chi connectivity index (χ0v) is 11.0. The Labute approximate surface area is 122 Å². The van der Waals surface area contributed by atoms with Crippen molar-refractivity contribution < 1.29 is 24.0 Å². The highest BCUT2D eigenvalue weighted by atomic mass is 35.5. The van der Waals surface area contributed by atoms with Crippen molar-refractivity contribution in [3.8, 4) is 0 Å². The second-order valence-electron chi connectivity index (χ2n) is 3.78. The van der Waals surface area contributed by atoms with Crippen LogP contribution in [0.25, 0.3) is 0 Å². The minimum absolute atomic E-state index is 0. The molecule has 0 bridgehead atoms. The van der Waals surface area contributed by atoms with E-state index >= 15 is 0 Å². The summed E-state index contributed by atoms with van der Waals surface area (Å²) < 4.78 is 25.9. The van der Waals surface area contributed by atoms with Gasteiger partial charge in [0.05, 0.1) is 22.7 Å². The van der Waals surface area contributed by atoms with E-state index < -0.39 is 17.8 Å². The van der Waals surface area contributed by atoms with Crippen LogP contribution in [0, 0.1) is 16.8 Å². The lowest BCUT2D eigenvalue weighted by Crippen LogP contribution is -2.19. The molecule has 0 saturated heterocycles. The third-order valence-electron chi connectivity index (χ3n) is 2.37. The molecule has 0 radical (unpaired) electrons. The van der Waals surface area contributed by atoms with E-state index in [2.05, 4.69) is 10.5 Å². The molecule has 0 spiro atoms. The van der Waals surface area contributed by atoms with Crippen molar-refractivity contribution >= 4 is 28.9 Å². The van der Waals surface area contributed by atoms with Gasteiger partial charge in [0.25, 0.3) is 5.91 Å². The Morgan fingerprint density at radius 1 is 1.19 bits per heavy atom. The number of hydrogen-bond donors (Lipinski definition) is 1. The molecule has 1 aromatic heterocycles. The number of aromatic nitrogens is 1. The number of H-pyrrole nitrogens is 1. The SMILES string of the molecule is O=Nc1cc(NC(=O)c2cc(F)[nH+]c(F)c2)ccc1Cl.[OH-]. The molecule has 1 amide bonds. The molecular weight excluding hydrogens is 308 g/mol. The highest BCUT2D eigenvalue weighted by Gasteiger charge is 2.15. The summed E-state index contributed by atoms with van der Waals surface area (Å²) >= 11 is 5.68. The van der Waals surface area contributed by atoms with E-state index in [4.69, 9.17) is 11.6 Å². The number of aromatic amines is 1. The zero-order valence-electron chi connectivity index (χ0n) is 10.2. The minimum atomic E-state index is -0.985. The van der Waals surface area contributed by atoms with Crippen LogP contribution in [0.3, 0.4) is 0 Å². The van der Waals surface area contributed by atoms with Crippen molar-refractivity contribution in [1.29, 1.82) is 0 Å². The lowest BCUT2D eigenvalue weighted by atomic mass is 10.2. The smallest absolute Gasteiger partial charge is 0.361 e. The molecule has 1 heterocycles. The second kappa shape index (κ2) is 6.82. The molecule has 3 N–H and O–H groups in total. The molecule has 0 unspecified atom stereocenters. The number of nitroso groups, excluding NO2 is 1. The summed E-state index contributed by atoms with van der Waals surface area (Å²) in [5.41, 5.74) is -0.0415. The standard InChI is InChI=1S/C12H6ClF2N3O2.H2O/c13-8-2-1-7(5-9(8)18-20)16-12(19)6-3-10(14)17-11(15)4-6;/h1-5H,(H,16,19);1H2. The fourth-order valence-electron chi connectivity index (χ4n) is 1.50. The van der Waals surface area contributed by atoms with Gasteiger partial charge in [0.2, 0.25) is 0 Å². The number of halogens is 3. The number of benzene rings is 1. The van der Waals surface area contributed by atoms with E-state index in [9.17, 15) is 18.5 Å². The molecule has 0 aliphatic heterocycles. The van der Waals surface area contributed by atoms with Gasteiger partial charge in [-0.25, -0.2) is 0 Å². The first-order valence-corrected chi connectivity index (χ1v) is 5.70. The number of rotatable bonds is 3. The maximum atomic E-state index is 12.9. The number of amides is 1. The maximum absolute atomic E-state index is 12.9. The topological polar surface area (TPSA) is 103 Å². The molecular formula is C12H8ClF2N3O3. The van der Waals surface area contributed by atoms with Crippen LogP contribution in [-0.2, 0) is 0 Å². The summed E-state index contributed by atoms with van der Waals surface area (Å²) in [5.74, 6) is -2.71. The Bertz CT molecular complexity index is 677. The maximum Gasteiger partial charge on any atom is 0.361 e. The molecule has 9 heteroatoms. The lowest BCUT2D eigenvalue weighted by Gasteiger charge is -2.05. The van der Waals surface area contributed by atoms with Gasteiger partial charge in [0, 0.05) is 5.69 Å². The molecule has 0 aliphatic rings. The van der Waals surface area contributed by atoms with Crippen LogP contribution in [-0.4, -0.2) is 11.4 Å². The summed E-state index contributed by atoms with van der Waals surface area (Å²) in [5, 5.41) is 5.18. The Hall–Kier alpha value is -2.45. The van der Waals surface area contributed by atoms with Gasteiger partial charge in [-0.2, -0.15) is 4.98 Å². The van der Waals surface area contributed by atoms with Gasteiger partial charge in [-0.3, -0.25) is 4.79 Å². The molecule has 21 heavy (non-hydrogen) atoms. The predicted molar refractivity (Wildman–Crippen MR) is 69.7 cm³/mol. The van der Waals surface area contributed by atoms with Crippen LogP contribution < -0.4 is 10.3 Å². The van der Waals surface area contributed by atoms with Gasteiger partial charge in [-0.1, -0.05) is 11.6 Å². The lowest BCUT2D eigenvalue weighted by molar-refractivity contribution is -0.461. The molecule has 0 saturated carbocycles. The summed E-state index contributed by atoms with van der Waals surface area (Å²) in [7, 11) is 0. The average molecular weight is 316 g/mol. The van der Waals surface area contributed by atoms with Gasteiger partial charge in [0.15, 0.2) is 0 Å². The molecule has 2 aromatic rings. The van der Waals surface area contributed by atoms with Gasteiger partial charge in [-0.05, 0) is 23.4 Å². The molecule has 110 valence electrons. The van der Waals surface area contributed by atoms with Crippen LogP contribution in [0.2, 0.25) is 5.02 Å². The number of pyridine rings is 1. The number of hydrogen-bond acceptors (Lipinski definition) is 4. The fraction of sp³-hybridized carbons (Fsp3) is 0. The van der Waals surface area contributed by atoms with Gasteiger partial charge in [-0.15, -0.1) is 13.7 Å². The number of nitrogens with zero attached hydrogens (tertiary/aromatic N) is 1. The third-order valence-corrected chi connectivity index (χ3v) is 2.69. The van der Waals surface area contributed by atoms with E-state index in [-0.39, 0.29) is 27.4 Å². The minimum Gasteiger partial charge on any atom is -0.870 e. The van der Waals surface area contributed by atoms with Crippen molar-refractivity contribution in [2.45, 2.75) is 0 Å². The first-order valence-electron chi connectivity index (χ1n) is 5.32. The zero-order chi connectivity index (χ0) is 14.7. The Kier molecular flexibility index (Phi) is 5.39. The van der Waals surface area contributed by atoms with Crippen molar-refractivity contribution in [3.05, 3.63) is 57.7 Å². The number of anilines is 1. The van der Waals surface area contributed by atoms with Gasteiger partial charge >= 0.3 is 11.9 Å². The number of carbonyl (C=O) groups is 1. The van der Waals surface area contributed by atoms with E-state index in [1.165, 1.54) is 18.2 Å².